The lowest BCUT2D eigenvalue weighted by Crippen LogP contribution is -2.48. The van der Waals surface area contributed by atoms with E-state index in [4.69, 9.17) is 0 Å². The monoisotopic (exact) mass is 530 g/mol. The first-order valence-corrected chi connectivity index (χ1v) is 13.0. The molecular weight excluding hydrogens is 500 g/mol. The number of amides is 2. The number of aryl methyl sites for hydroxylation is 3. The van der Waals surface area contributed by atoms with E-state index in [1.807, 2.05) is 93.0 Å². The van der Waals surface area contributed by atoms with E-state index in [0.717, 1.165) is 33.4 Å². The Hall–Kier alpha value is -5.11. The van der Waals surface area contributed by atoms with Crippen molar-refractivity contribution in [1.29, 1.82) is 0 Å². The van der Waals surface area contributed by atoms with Crippen LogP contribution in [0, 0.1) is 13.8 Å². The molecule has 8 heteroatoms. The standard InChI is InChI=1S/C32H30N6O2/c1-21-18-33-19-22(2)28(21)25-14-15-27(34-20-25)36-32(40)30(37-31(39)26-16-17-35-38(26)3)29(23-10-6-4-7-11-23)24-12-8-5-9-13-24/h4-20,29-30H,1-3H3,(H,37,39)(H,34,36,40)/t30-/m0/s1. The third-order valence-corrected chi connectivity index (χ3v) is 6.90. The first-order valence-electron chi connectivity index (χ1n) is 13.0. The zero-order valence-corrected chi connectivity index (χ0v) is 22.6. The molecule has 2 N–H and O–H groups in total. The minimum absolute atomic E-state index is 0.350. The maximum atomic E-state index is 14.0. The molecule has 5 aromatic rings. The van der Waals surface area contributed by atoms with Crippen molar-refractivity contribution >= 4 is 17.6 Å². The maximum Gasteiger partial charge on any atom is 0.270 e. The highest BCUT2D eigenvalue weighted by Crippen LogP contribution is 2.30. The Labute approximate surface area is 233 Å². The molecule has 0 unspecified atom stereocenters. The smallest absolute Gasteiger partial charge is 0.270 e. The number of benzene rings is 2. The van der Waals surface area contributed by atoms with Crippen LogP contribution in [0.2, 0.25) is 0 Å². The van der Waals surface area contributed by atoms with Gasteiger partial charge in [0.2, 0.25) is 5.91 Å². The van der Waals surface area contributed by atoms with Crippen molar-refractivity contribution in [2.75, 3.05) is 5.32 Å². The van der Waals surface area contributed by atoms with Crippen LogP contribution < -0.4 is 10.6 Å². The molecule has 0 fully saturated rings. The summed E-state index contributed by atoms with van der Waals surface area (Å²) in [6.07, 6.45) is 6.93. The van der Waals surface area contributed by atoms with Crippen molar-refractivity contribution in [1.82, 2.24) is 25.1 Å². The van der Waals surface area contributed by atoms with Gasteiger partial charge in [-0.05, 0) is 59.9 Å². The first kappa shape index (κ1) is 26.5. The summed E-state index contributed by atoms with van der Waals surface area (Å²) < 4.78 is 1.48. The maximum absolute atomic E-state index is 14.0. The van der Waals surface area contributed by atoms with Gasteiger partial charge in [0, 0.05) is 43.3 Å². The van der Waals surface area contributed by atoms with Gasteiger partial charge < -0.3 is 10.6 Å². The van der Waals surface area contributed by atoms with Gasteiger partial charge in [-0.25, -0.2) is 4.98 Å². The molecule has 3 heterocycles. The number of nitrogens with zero attached hydrogens (tertiary/aromatic N) is 4. The van der Waals surface area contributed by atoms with E-state index in [2.05, 4.69) is 25.7 Å². The third kappa shape index (κ3) is 5.66. The largest absolute Gasteiger partial charge is 0.338 e. The summed E-state index contributed by atoms with van der Waals surface area (Å²) in [5.41, 5.74) is 6.23. The summed E-state index contributed by atoms with van der Waals surface area (Å²) in [6.45, 7) is 4.02. The second-order valence-corrected chi connectivity index (χ2v) is 9.66. The van der Waals surface area contributed by atoms with Crippen LogP contribution >= 0.6 is 0 Å². The Bertz CT molecular complexity index is 1560. The number of rotatable bonds is 8. The molecule has 40 heavy (non-hydrogen) atoms. The Kier molecular flexibility index (Phi) is 7.77. The van der Waals surface area contributed by atoms with Crippen LogP contribution in [0.5, 0.6) is 0 Å². The Morgan fingerprint density at radius 1 is 0.800 bits per heavy atom. The third-order valence-electron chi connectivity index (χ3n) is 6.90. The van der Waals surface area contributed by atoms with Crippen molar-refractivity contribution < 1.29 is 9.59 Å². The molecule has 5 rings (SSSR count). The molecule has 2 amide bonds. The fourth-order valence-corrected chi connectivity index (χ4v) is 4.99. The summed E-state index contributed by atoms with van der Waals surface area (Å²) in [7, 11) is 1.69. The highest BCUT2D eigenvalue weighted by atomic mass is 16.2. The molecule has 0 saturated heterocycles. The number of anilines is 1. The molecule has 0 aliphatic carbocycles. The second kappa shape index (κ2) is 11.7. The Morgan fingerprint density at radius 3 is 1.95 bits per heavy atom. The van der Waals surface area contributed by atoms with E-state index >= 15 is 0 Å². The average Bonchev–Trinajstić information content (AvgIpc) is 3.40. The van der Waals surface area contributed by atoms with E-state index in [1.165, 1.54) is 4.68 Å². The molecule has 0 aliphatic rings. The molecular formula is C32H30N6O2. The van der Waals surface area contributed by atoms with Gasteiger partial charge in [-0.3, -0.25) is 19.3 Å². The predicted octanol–water partition coefficient (Wildman–Crippen LogP) is 5.06. The summed E-state index contributed by atoms with van der Waals surface area (Å²) >= 11 is 0. The zero-order valence-electron chi connectivity index (χ0n) is 22.6. The predicted molar refractivity (Wildman–Crippen MR) is 155 cm³/mol. The Morgan fingerprint density at radius 2 is 1.43 bits per heavy atom. The van der Waals surface area contributed by atoms with Gasteiger partial charge in [0.25, 0.3) is 5.91 Å². The second-order valence-electron chi connectivity index (χ2n) is 9.66. The fourth-order valence-electron chi connectivity index (χ4n) is 4.99. The summed E-state index contributed by atoms with van der Waals surface area (Å²) in [5.74, 6) is -0.854. The molecule has 0 saturated carbocycles. The minimum Gasteiger partial charge on any atom is -0.338 e. The number of hydrogen-bond acceptors (Lipinski definition) is 5. The van der Waals surface area contributed by atoms with Crippen LogP contribution in [0.4, 0.5) is 5.82 Å². The lowest BCUT2D eigenvalue weighted by Gasteiger charge is -2.28. The van der Waals surface area contributed by atoms with Crippen LogP contribution in [0.1, 0.15) is 38.7 Å². The van der Waals surface area contributed by atoms with E-state index in [1.54, 1.807) is 31.6 Å². The highest BCUT2D eigenvalue weighted by Gasteiger charge is 2.33. The van der Waals surface area contributed by atoms with Gasteiger partial charge in [-0.2, -0.15) is 5.10 Å². The normalized spacial score (nSPS) is 11.7. The van der Waals surface area contributed by atoms with Gasteiger partial charge in [0.15, 0.2) is 0 Å². The first-order chi connectivity index (χ1) is 19.4. The molecule has 8 nitrogen and oxygen atoms in total. The molecule has 2 aromatic carbocycles. The summed E-state index contributed by atoms with van der Waals surface area (Å²) in [5, 5.41) is 10.0. The van der Waals surface area contributed by atoms with Crippen LogP contribution in [-0.4, -0.2) is 37.6 Å². The lowest BCUT2D eigenvalue weighted by molar-refractivity contribution is -0.118. The molecule has 3 aromatic heterocycles. The van der Waals surface area contributed by atoms with Crippen molar-refractivity contribution in [3.63, 3.8) is 0 Å². The number of pyridine rings is 2. The van der Waals surface area contributed by atoms with E-state index in [9.17, 15) is 9.59 Å². The molecule has 0 radical (unpaired) electrons. The van der Waals surface area contributed by atoms with Gasteiger partial charge in [0.1, 0.15) is 17.6 Å². The van der Waals surface area contributed by atoms with Crippen LogP contribution in [0.3, 0.4) is 0 Å². The fraction of sp³-hybridized carbons (Fsp3) is 0.156. The van der Waals surface area contributed by atoms with Crippen LogP contribution in [-0.2, 0) is 11.8 Å². The van der Waals surface area contributed by atoms with Crippen molar-refractivity contribution in [2.45, 2.75) is 25.8 Å². The van der Waals surface area contributed by atoms with E-state index in [0.29, 0.717) is 11.5 Å². The summed E-state index contributed by atoms with van der Waals surface area (Å²) in [6, 6.07) is 23.7. The van der Waals surface area contributed by atoms with Crippen molar-refractivity contribution in [3.05, 3.63) is 132 Å². The number of hydrogen-bond donors (Lipinski definition) is 2. The lowest BCUT2D eigenvalue weighted by atomic mass is 9.84. The Balaban J connectivity index is 1.49. The quantitative estimate of drug-likeness (QED) is 0.292. The van der Waals surface area contributed by atoms with Gasteiger partial charge in [-0.1, -0.05) is 60.7 Å². The van der Waals surface area contributed by atoms with Gasteiger partial charge in [0.05, 0.1) is 0 Å². The number of aromatic nitrogens is 4. The average molecular weight is 531 g/mol. The van der Waals surface area contributed by atoms with E-state index in [-0.39, 0.29) is 5.91 Å². The van der Waals surface area contributed by atoms with Gasteiger partial charge in [-0.15, -0.1) is 0 Å². The molecule has 200 valence electrons. The minimum atomic E-state index is -0.946. The molecule has 0 bridgehead atoms. The highest BCUT2D eigenvalue weighted by molar-refractivity contribution is 6.01. The van der Waals surface area contributed by atoms with Gasteiger partial charge >= 0.3 is 0 Å². The van der Waals surface area contributed by atoms with Crippen molar-refractivity contribution in [3.8, 4) is 11.1 Å². The molecule has 0 spiro atoms. The van der Waals surface area contributed by atoms with Crippen LogP contribution in [0.25, 0.3) is 11.1 Å². The number of carbonyl (C=O) groups excluding carboxylic acids is 2. The van der Waals surface area contributed by atoms with Crippen molar-refractivity contribution in [2.24, 2.45) is 7.05 Å². The van der Waals surface area contributed by atoms with E-state index < -0.39 is 17.9 Å². The topological polar surface area (TPSA) is 102 Å². The van der Waals surface area contributed by atoms with Crippen LogP contribution in [0.15, 0.2) is 104 Å². The number of carbonyl (C=O) groups is 2. The molecule has 1 atom stereocenters. The SMILES string of the molecule is Cc1cncc(C)c1-c1ccc(NC(=O)[C@@H](NC(=O)c2ccnn2C)C(c2ccccc2)c2ccccc2)nc1. The summed E-state index contributed by atoms with van der Waals surface area (Å²) in [4.78, 5) is 36.1. The zero-order chi connectivity index (χ0) is 28.1. The molecule has 0 aliphatic heterocycles. The number of nitrogens with one attached hydrogen (secondary N) is 2.